The molecule has 6 nitrogen and oxygen atoms in total. The average molecular weight is 367 g/mol. The van der Waals surface area contributed by atoms with Crippen molar-refractivity contribution in [3.8, 4) is 11.5 Å². The van der Waals surface area contributed by atoms with Crippen LogP contribution in [0.3, 0.4) is 0 Å². The first kappa shape index (κ1) is 18.5. The SMILES string of the molecule is COc1ccc(/C=N\OCC(=O)Nc2ccc(F)c(Cl)c2)cc1OC. The minimum Gasteiger partial charge on any atom is -0.493 e. The number of rotatable bonds is 7. The van der Waals surface area contributed by atoms with Crippen LogP contribution in [0.4, 0.5) is 10.1 Å². The van der Waals surface area contributed by atoms with Gasteiger partial charge in [0.25, 0.3) is 5.91 Å². The number of amides is 1. The lowest BCUT2D eigenvalue weighted by Gasteiger charge is -2.07. The zero-order chi connectivity index (χ0) is 18.2. The number of ether oxygens (including phenoxy) is 2. The largest absolute Gasteiger partial charge is 0.493 e. The van der Waals surface area contributed by atoms with E-state index in [4.69, 9.17) is 25.9 Å². The van der Waals surface area contributed by atoms with Crippen molar-refractivity contribution in [3.05, 3.63) is 52.8 Å². The van der Waals surface area contributed by atoms with Crippen LogP contribution in [0, 0.1) is 5.82 Å². The maximum Gasteiger partial charge on any atom is 0.265 e. The molecular weight excluding hydrogens is 351 g/mol. The molecule has 0 bridgehead atoms. The number of methoxy groups -OCH3 is 2. The second-order valence-corrected chi connectivity index (χ2v) is 5.21. The summed E-state index contributed by atoms with van der Waals surface area (Å²) in [4.78, 5) is 16.7. The fourth-order valence-electron chi connectivity index (χ4n) is 1.90. The Kier molecular flexibility index (Phi) is 6.59. The summed E-state index contributed by atoms with van der Waals surface area (Å²) in [6.07, 6.45) is 1.43. The third kappa shape index (κ3) is 5.36. The molecule has 1 N–H and O–H groups in total. The van der Waals surface area contributed by atoms with Gasteiger partial charge in [-0.2, -0.15) is 0 Å². The summed E-state index contributed by atoms with van der Waals surface area (Å²) >= 11 is 5.64. The summed E-state index contributed by atoms with van der Waals surface area (Å²) < 4.78 is 23.4. The van der Waals surface area contributed by atoms with Crippen LogP contribution in [0.5, 0.6) is 11.5 Å². The number of nitrogens with zero attached hydrogens (tertiary/aromatic N) is 1. The van der Waals surface area contributed by atoms with Crippen molar-refractivity contribution in [2.24, 2.45) is 5.16 Å². The fourth-order valence-corrected chi connectivity index (χ4v) is 2.08. The van der Waals surface area contributed by atoms with Gasteiger partial charge in [-0.15, -0.1) is 0 Å². The van der Waals surface area contributed by atoms with E-state index in [0.29, 0.717) is 22.7 Å². The smallest absolute Gasteiger partial charge is 0.265 e. The molecule has 1 amide bonds. The number of benzene rings is 2. The van der Waals surface area contributed by atoms with Gasteiger partial charge in [-0.3, -0.25) is 4.79 Å². The Bertz CT molecular complexity index is 783. The highest BCUT2D eigenvalue weighted by Crippen LogP contribution is 2.26. The minimum atomic E-state index is -0.560. The van der Waals surface area contributed by atoms with Gasteiger partial charge in [0.2, 0.25) is 0 Å². The molecule has 0 aliphatic carbocycles. The second-order valence-electron chi connectivity index (χ2n) is 4.80. The third-order valence-corrected chi connectivity index (χ3v) is 3.37. The highest BCUT2D eigenvalue weighted by molar-refractivity contribution is 6.31. The molecule has 0 aromatic heterocycles. The van der Waals surface area contributed by atoms with Crippen LogP contribution in [0.25, 0.3) is 0 Å². The van der Waals surface area contributed by atoms with Gasteiger partial charge in [-0.05, 0) is 36.4 Å². The molecule has 25 heavy (non-hydrogen) atoms. The summed E-state index contributed by atoms with van der Waals surface area (Å²) in [5.74, 6) is 0.137. The van der Waals surface area contributed by atoms with E-state index in [-0.39, 0.29) is 11.6 Å². The van der Waals surface area contributed by atoms with Crippen LogP contribution in [0.1, 0.15) is 5.56 Å². The lowest BCUT2D eigenvalue weighted by Crippen LogP contribution is -2.17. The lowest BCUT2D eigenvalue weighted by molar-refractivity contribution is -0.120. The molecule has 0 spiro atoms. The van der Waals surface area contributed by atoms with Crippen molar-refractivity contribution in [1.29, 1.82) is 0 Å². The zero-order valence-electron chi connectivity index (χ0n) is 13.6. The molecule has 2 aromatic carbocycles. The molecule has 2 aromatic rings. The van der Waals surface area contributed by atoms with Crippen molar-refractivity contribution < 1.29 is 23.5 Å². The number of nitrogens with one attached hydrogen (secondary N) is 1. The molecule has 0 atom stereocenters. The van der Waals surface area contributed by atoms with Gasteiger partial charge in [0.1, 0.15) is 5.82 Å². The molecule has 0 saturated carbocycles. The average Bonchev–Trinajstić information content (AvgIpc) is 2.61. The van der Waals surface area contributed by atoms with Crippen molar-refractivity contribution >= 4 is 29.4 Å². The highest BCUT2D eigenvalue weighted by atomic mass is 35.5. The number of hydrogen-bond donors (Lipinski definition) is 1. The Balaban J connectivity index is 1.86. The van der Waals surface area contributed by atoms with Crippen LogP contribution in [-0.2, 0) is 9.63 Å². The minimum absolute atomic E-state index is 0.0785. The van der Waals surface area contributed by atoms with E-state index in [1.807, 2.05) is 0 Å². The summed E-state index contributed by atoms with van der Waals surface area (Å²) in [5, 5.41) is 6.16. The number of carbonyl (C=O) groups excluding carboxylic acids is 1. The molecule has 0 heterocycles. The molecule has 8 heteroatoms. The van der Waals surface area contributed by atoms with E-state index in [0.717, 1.165) is 6.07 Å². The number of halogens is 2. The Morgan fingerprint density at radius 1 is 1.20 bits per heavy atom. The van der Waals surface area contributed by atoms with Crippen molar-refractivity contribution in [2.75, 3.05) is 26.1 Å². The number of anilines is 1. The summed E-state index contributed by atoms with van der Waals surface area (Å²) in [5.41, 5.74) is 1.08. The Morgan fingerprint density at radius 2 is 1.96 bits per heavy atom. The van der Waals surface area contributed by atoms with E-state index in [2.05, 4.69) is 10.5 Å². The molecule has 2 rings (SSSR count). The summed E-state index contributed by atoms with van der Waals surface area (Å²) in [7, 11) is 3.07. The Hall–Kier alpha value is -2.80. The predicted octanol–water partition coefficient (Wildman–Crippen LogP) is 3.49. The second kappa shape index (κ2) is 8.89. The molecule has 0 saturated heterocycles. The predicted molar refractivity (Wildman–Crippen MR) is 93.1 cm³/mol. The van der Waals surface area contributed by atoms with Crippen LogP contribution in [0.15, 0.2) is 41.6 Å². The van der Waals surface area contributed by atoms with Crippen LogP contribution < -0.4 is 14.8 Å². The van der Waals surface area contributed by atoms with E-state index >= 15 is 0 Å². The Morgan fingerprint density at radius 3 is 2.64 bits per heavy atom. The molecule has 132 valence electrons. The summed E-state index contributed by atoms with van der Waals surface area (Å²) in [6.45, 7) is -0.307. The van der Waals surface area contributed by atoms with Gasteiger partial charge in [-0.1, -0.05) is 16.8 Å². The van der Waals surface area contributed by atoms with Gasteiger partial charge < -0.3 is 19.6 Å². The fraction of sp³-hybridized carbons (Fsp3) is 0.176. The first-order valence-corrected chi connectivity index (χ1v) is 7.53. The van der Waals surface area contributed by atoms with Crippen LogP contribution in [-0.4, -0.2) is 32.9 Å². The molecule has 0 aliphatic heterocycles. The van der Waals surface area contributed by atoms with E-state index in [1.165, 1.54) is 25.5 Å². The topological polar surface area (TPSA) is 69.2 Å². The van der Waals surface area contributed by atoms with Crippen molar-refractivity contribution in [1.82, 2.24) is 0 Å². The maximum absolute atomic E-state index is 13.0. The van der Waals surface area contributed by atoms with Crippen LogP contribution in [0.2, 0.25) is 5.02 Å². The van der Waals surface area contributed by atoms with Gasteiger partial charge in [0.15, 0.2) is 18.1 Å². The van der Waals surface area contributed by atoms with E-state index in [9.17, 15) is 9.18 Å². The first-order valence-electron chi connectivity index (χ1n) is 7.15. The zero-order valence-corrected chi connectivity index (χ0v) is 14.3. The normalized spacial score (nSPS) is 10.6. The number of carbonyl (C=O) groups is 1. The third-order valence-electron chi connectivity index (χ3n) is 3.08. The molecule has 0 aliphatic rings. The Labute approximate surface area is 149 Å². The maximum atomic E-state index is 13.0. The molecule has 0 radical (unpaired) electrons. The van der Waals surface area contributed by atoms with Gasteiger partial charge in [0, 0.05) is 11.3 Å². The van der Waals surface area contributed by atoms with Crippen LogP contribution >= 0.6 is 11.6 Å². The number of oxime groups is 1. The quantitative estimate of drug-likeness (QED) is 0.601. The van der Waals surface area contributed by atoms with E-state index in [1.54, 1.807) is 25.3 Å². The highest BCUT2D eigenvalue weighted by Gasteiger charge is 2.06. The standard InChI is InChI=1S/C17H16ClFN2O4/c1-23-15-6-3-11(7-16(15)24-2)9-20-25-10-17(22)21-12-4-5-14(19)13(18)8-12/h3-9H,10H2,1-2H3,(H,21,22)/b20-9-. The molecule has 0 unspecified atom stereocenters. The van der Waals surface area contributed by atoms with Gasteiger partial charge in [0.05, 0.1) is 25.5 Å². The van der Waals surface area contributed by atoms with Crippen molar-refractivity contribution in [2.45, 2.75) is 0 Å². The molecule has 0 fully saturated rings. The van der Waals surface area contributed by atoms with Gasteiger partial charge in [-0.25, -0.2) is 4.39 Å². The number of hydrogen-bond acceptors (Lipinski definition) is 5. The first-order chi connectivity index (χ1) is 12.0. The summed E-state index contributed by atoms with van der Waals surface area (Å²) in [6, 6.07) is 9.06. The van der Waals surface area contributed by atoms with Crippen molar-refractivity contribution in [3.63, 3.8) is 0 Å². The van der Waals surface area contributed by atoms with E-state index < -0.39 is 11.7 Å². The molecular formula is C17H16ClFN2O4. The van der Waals surface area contributed by atoms with Gasteiger partial charge >= 0.3 is 0 Å². The lowest BCUT2D eigenvalue weighted by atomic mass is 10.2. The monoisotopic (exact) mass is 366 g/mol.